The van der Waals surface area contributed by atoms with Gasteiger partial charge in [-0.25, -0.2) is 4.79 Å². The van der Waals surface area contributed by atoms with Crippen LogP contribution in [0.1, 0.15) is 63.0 Å². The second-order valence-corrected chi connectivity index (χ2v) is 14.3. The van der Waals surface area contributed by atoms with E-state index >= 15 is 4.57 Å². The van der Waals surface area contributed by atoms with Crippen LogP contribution in [0.5, 0.6) is 0 Å². The van der Waals surface area contributed by atoms with Crippen molar-refractivity contribution in [2.75, 3.05) is 12.8 Å². The Morgan fingerprint density at radius 2 is 1.46 bits per heavy atom. The van der Waals surface area contributed by atoms with Crippen molar-refractivity contribution in [3.05, 3.63) is 71.8 Å². The van der Waals surface area contributed by atoms with Crippen LogP contribution in [0.15, 0.2) is 60.7 Å². The maximum atomic E-state index is 15.0. The van der Waals surface area contributed by atoms with Crippen LogP contribution < -0.4 is 5.32 Å². The van der Waals surface area contributed by atoms with Crippen molar-refractivity contribution < 1.29 is 28.2 Å². The number of esters is 1. The van der Waals surface area contributed by atoms with Gasteiger partial charge in [-0.15, -0.1) is 0 Å². The highest BCUT2D eigenvalue weighted by molar-refractivity contribution is 7.59. The molecule has 4 saturated carbocycles. The highest BCUT2D eigenvalue weighted by Gasteiger charge is 2.55. The van der Waals surface area contributed by atoms with E-state index in [1.165, 1.54) is 19.3 Å². The van der Waals surface area contributed by atoms with Crippen LogP contribution in [-0.4, -0.2) is 36.2 Å². The lowest BCUT2D eigenvalue weighted by molar-refractivity contribution is -0.142. The van der Waals surface area contributed by atoms with Gasteiger partial charge in [-0.05, 0) is 74.3 Å². The molecule has 2 aromatic carbocycles. The highest BCUT2D eigenvalue weighted by Crippen LogP contribution is 2.64. The van der Waals surface area contributed by atoms with Crippen LogP contribution in [0.2, 0.25) is 0 Å². The van der Waals surface area contributed by atoms with Gasteiger partial charge in [-0.3, -0.25) is 9.36 Å². The van der Waals surface area contributed by atoms with E-state index in [1.807, 2.05) is 60.7 Å². The van der Waals surface area contributed by atoms with Gasteiger partial charge in [0.2, 0.25) is 7.37 Å². The number of hydrogen-bond donors (Lipinski definition) is 1. The number of rotatable bonds is 12. The van der Waals surface area contributed by atoms with Crippen LogP contribution in [0.25, 0.3) is 0 Å². The van der Waals surface area contributed by atoms with Gasteiger partial charge in [0.15, 0.2) is 0 Å². The summed E-state index contributed by atoms with van der Waals surface area (Å²) in [5.41, 5.74) is 1.34. The van der Waals surface area contributed by atoms with E-state index in [0.717, 1.165) is 30.4 Å². The first-order chi connectivity index (χ1) is 18.8. The third-order valence-electron chi connectivity index (χ3n) is 8.51. The van der Waals surface area contributed by atoms with E-state index in [0.29, 0.717) is 24.2 Å². The molecular weight excluding hydrogens is 513 g/mol. The monoisotopic (exact) mass is 553 g/mol. The van der Waals surface area contributed by atoms with Crippen molar-refractivity contribution in [1.29, 1.82) is 0 Å². The lowest BCUT2D eigenvalue weighted by Gasteiger charge is -2.57. The molecule has 1 amide bonds. The summed E-state index contributed by atoms with van der Waals surface area (Å²) in [5, 5.41) is 2.91. The molecule has 6 rings (SSSR count). The fraction of sp³-hybridized carbons (Fsp3) is 0.548. The number of alkyl carbamates (subject to hydrolysis) is 1. The molecule has 0 saturated heterocycles. The number of ether oxygens (including phenoxy) is 2. The Kier molecular flexibility index (Phi) is 8.78. The molecule has 0 radical (unpaired) electrons. The van der Waals surface area contributed by atoms with E-state index in [2.05, 4.69) is 5.32 Å². The predicted octanol–water partition coefficient (Wildman–Crippen LogP) is 6.70. The summed E-state index contributed by atoms with van der Waals surface area (Å²) in [6, 6.07) is 19.1. The molecule has 4 aliphatic carbocycles. The summed E-state index contributed by atoms with van der Waals surface area (Å²) >= 11 is 0. The average molecular weight is 554 g/mol. The molecular formula is C31H40NO6P. The van der Waals surface area contributed by atoms with Crippen molar-refractivity contribution in [2.24, 2.45) is 17.8 Å². The Morgan fingerprint density at radius 3 is 2.03 bits per heavy atom. The molecule has 2 aromatic rings. The zero-order chi connectivity index (χ0) is 27.3. The zero-order valence-corrected chi connectivity index (χ0v) is 23.7. The number of carbonyl (C=O) groups excluding carboxylic acids is 2. The van der Waals surface area contributed by atoms with Gasteiger partial charge in [0.25, 0.3) is 0 Å². The minimum absolute atomic E-state index is 0.0179. The first-order valence-corrected chi connectivity index (χ1v) is 16.2. The van der Waals surface area contributed by atoms with Crippen LogP contribution in [0, 0.1) is 17.8 Å². The predicted molar refractivity (Wildman–Crippen MR) is 149 cm³/mol. The van der Waals surface area contributed by atoms with E-state index < -0.39 is 30.8 Å². The molecule has 210 valence electrons. The van der Waals surface area contributed by atoms with Crippen LogP contribution in [0.4, 0.5) is 4.79 Å². The largest absolute Gasteiger partial charge is 0.466 e. The van der Waals surface area contributed by atoms with Crippen LogP contribution >= 0.6 is 7.37 Å². The maximum absolute atomic E-state index is 15.0. The first kappa shape index (κ1) is 27.9. The number of benzene rings is 2. The quantitative estimate of drug-likeness (QED) is 0.232. The fourth-order valence-electron chi connectivity index (χ4n) is 7.24. The van der Waals surface area contributed by atoms with Gasteiger partial charge in [0, 0.05) is 12.6 Å². The van der Waals surface area contributed by atoms with Gasteiger partial charge >= 0.3 is 12.1 Å². The third kappa shape index (κ3) is 7.12. The molecule has 4 aliphatic rings. The molecule has 7 nitrogen and oxygen atoms in total. The average Bonchev–Trinajstić information content (AvgIpc) is 2.91. The second-order valence-electron chi connectivity index (χ2n) is 11.6. The molecule has 0 aliphatic heterocycles. The summed E-state index contributed by atoms with van der Waals surface area (Å²) in [4.78, 5) is 25.5. The zero-order valence-electron chi connectivity index (χ0n) is 22.8. The van der Waals surface area contributed by atoms with Gasteiger partial charge < -0.3 is 19.3 Å². The summed E-state index contributed by atoms with van der Waals surface area (Å²) < 4.78 is 32.6. The Morgan fingerprint density at radius 1 is 0.897 bits per heavy atom. The topological polar surface area (TPSA) is 90.9 Å². The van der Waals surface area contributed by atoms with Crippen LogP contribution in [0.3, 0.4) is 0 Å². The van der Waals surface area contributed by atoms with Crippen molar-refractivity contribution in [3.8, 4) is 0 Å². The molecule has 0 aromatic heterocycles. The first-order valence-electron chi connectivity index (χ1n) is 14.3. The summed E-state index contributed by atoms with van der Waals surface area (Å²) in [7, 11) is -3.58. The van der Waals surface area contributed by atoms with Gasteiger partial charge in [-0.2, -0.15) is 0 Å². The fourth-order valence-corrected chi connectivity index (χ4v) is 9.94. The highest BCUT2D eigenvalue weighted by atomic mass is 31.2. The maximum Gasteiger partial charge on any atom is 0.408 e. The SMILES string of the molecule is CCOC(=O)CCP(=O)(OC12CC3CC(CC(C3)C1)C2)C(Cc1ccccc1)NC(=O)OCc1ccccc1. The van der Waals surface area contributed by atoms with E-state index in [9.17, 15) is 9.59 Å². The summed E-state index contributed by atoms with van der Waals surface area (Å²) in [6.45, 7) is 2.12. The second kappa shape index (κ2) is 12.3. The Hall–Kier alpha value is -2.63. The number of nitrogens with one attached hydrogen (secondary N) is 1. The molecule has 4 fully saturated rings. The number of hydrogen-bond acceptors (Lipinski definition) is 6. The minimum atomic E-state index is -3.58. The summed E-state index contributed by atoms with van der Waals surface area (Å²) in [5.74, 6) is 0.575. The van der Waals surface area contributed by atoms with Crippen LogP contribution in [-0.2, 0) is 36.4 Å². The van der Waals surface area contributed by atoms with Crippen molar-refractivity contribution >= 4 is 19.4 Å². The molecule has 0 heterocycles. The molecule has 2 atom stereocenters. The molecule has 2 unspecified atom stereocenters. The van der Waals surface area contributed by atoms with Crippen molar-refractivity contribution in [1.82, 2.24) is 5.32 Å². The van der Waals surface area contributed by atoms with Gasteiger partial charge in [-0.1, -0.05) is 60.7 Å². The lowest BCUT2D eigenvalue weighted by Crippen LogP contribution is -2.52. The summed E-state index contributed by atoms with van der Waals surface area (Å²) in [6.07, 6.45) is 6.05. The lowest BCUT2D eigenvalue weighted by atomic mass is 9.54. The third-order valence-corrected chi connectivity index (χ3v) is 11.3. The normalized spacial score (nSPS) is 27.4. The molecule has 8 heteroatoms. The van der Waals surface area contributed by atoms with Gasteiger partial charge in [0.1, 0.15) is 12.4 Å². The molecule has 39 heavy (non-hydrogen) atoms. The smallest absolute Gasteiger partial charge is 0.408 e. The standard InChI is InChI=1S/C31H40NO6P/c1-2-36-29(33)13-14-39(35,38-31-19-25-15-26(20-31)17-27(16-25)21-31)28(18-23-9-5-3-6-10-23)32-30(34)37-22-24-11-7-4-8-12-24/h3-12,25-28H,2,13-22H2,1H3,(H,32,34). The molecule has 1 N–H and O–H groups in total. The molecule has 0 spiro atoms. The van der Waals surface area contributed by atoms with E-state index in [1.54, 1.807) is 6.92 Å². The van der Waals surface area contributed by atoms with Crippen molar-refractivity contribution in [2.45, 2.75) is 76.3 Å². The molecule has 4 bridgehead atoms. The minimum Gasteiger partial charge on any atom is -0.466 e. The number of amides is 1. The number of carbonyl (C=O) groups is 2. The van der Waals surface area contributed by atoms with Gasteiger partial charge in [0.05, 0.1) is 18.6 Å². The Labute approximate surface area is 231 Å². The van der Waals surface area contributed by atoms with E-state index in [-0.39, 0.29) is 25.8 Å². The Bertz CT molecular complexity index is 1130. The van der Waals surface area contributed by atoms with E-state index in [4.69, 9.17) is 14.0 Å². The van der Waals surface area contributed by atoms with Crippen molar-refractivity contribution in [3.63, 3.8) is 0 Å². The Balaban J connectivity index is 1.40.